The van der Waals surface area contributed by atoms with Crippen molar-refractivity contribution in [3.63, 3.8) is 0 Å². The molecule has 0 saturated carbocycles. The molecule has 0 unspecified atom stereocenters. The van der Waals surface area contributed by atoms with Gasteiger partial charge in [0.1, 0.15) is 0 Å². The molecule has 0 aromatic heterocycles. The molecule has 1 N–H and O–H groups in total. The van der Waals surface area contributed by atoms with Crippen LogP contribution in [0.15, 0.2) is 65.8 Å². The molecule has 5 heteroatoms. The van der Waals surface area contributed by atoms with E-state index in [-0.39, 0.29) is 17.2 Å². The number of rotatable bonds is 5. The molecule has 0 bridgehead atoms. The van der Waals surface area contributed by atoms with Crippen LogP contribution in [0.5, 0.6) is 0 Å². The maximum absolute atomic E-state index is 13.0. The summed E-state index contributed by atoms with van der Waals surface area (Å²) in [5.74, 6) is 0.118. The highest BCUT2D eigenvalue weighted by Crippen LogP contribution is 2.40. The lowest BCUT2D eigenvalue weighted by molar-refractivity contribution is -0.133. The lowest BCUT2D eigenvalue weighted by Crippen LogP contribution is -2.49. The van der Waals surface area contributed by atoms with Gasteiger partial charge in [0.05, 0.1) is 0 Å². The van der Waals surface area contributed by atoms with Gasteiger partial charge in [0.15, 0.2) is 0 Å². The van der Waals surface area contributed by atoms with Crippen molar-refractivity contribution in [3.8, 4) is 0 Å². The monoisotopic (exact) mass is 389 g/mol. The highest BCUT2D eigenvalue weighted by atomic mass is 16.2. The average molecular weight is 389 g/mol. The number of hydrogen-bond acceptors (Lipinski definition) is 3. The molecule has 2 aliphatic heterocycles. The second kappa shape index (κ2) is 8.60. The quantitative estimate of drug-likeness (QED) is 0.849. The molecule has 2 heterocycles. The third-order valence-electron chi connectivity index (χ3n) is 6.10. The van der Waals surface area contributed by atoms with E-state index in [0.717, 1.165) is 25.1 Å². The topological polar surface area (TPSA) is 61.8 Å². The van der Waals surface area contributed by atoms with Crippen LogP contribution in [0.3, 0.4) is 0 Å². The number of hydrogen-bond donors (Lipinski definition) is 1. The maximum Gasteiger partial charge on any atom is 0.240 e. The van der Waals surface area contributed by atoms with Crippen molar-refractivity contribution in [2.75, 3.05) is 13.1 Å². The second-order valence-electron chi connectivity index (χ2n) is 7.95. The van der Waals surface area contributed by atoms with Gasteiger partial charge < -0.3 is 4.90 Å². The SMILES string of the molecule is O=C1CCC(CCC(=O)N2CCCC(c3ccccc3)(c3ccccc3)C2)=NN1. The van der Waals surface area contributed by atoms with E-state index in [1.165, 1.54) is 11.1 Å². The minimum Gasteiger partial charge on any atom is -0.341 e. The molecule has 0 spiro atoms. The van der Waals surface area contributed by atoms with E-state index in [9.17, 15) is 9.59 Å². The summed E-state index contributed by atoms with van der Waals surface area (Å²) in [5, 5.41) is 4.10. The number of nitrogens with zero attached hydrogens (tertiary/aromatic N) is 2. The summed E-state index contributed by atoms with van der Waals surface area (Å²) >= 11 is 0. The Hall–Kier alpha value is -2.95. The molecule has 0 atom stereocenters. The number of nitrogens with one attached hydrogen (secondary N) is 1. The Bertz CT molecular complexity index is 853. The van der Waals surface area contributed by atoms with Crippen LogP contribution in [0.25, 0.3) is 0 Å². The summed E-state index contributed by atoms with van der Waals surface area (Å²) < 4.78 is 0. The van der Waals surface area contributed by atoms with Crippen LogP contribution in [-0.2, 0) is 15.0 Å². The van der Waals surface area contributed by atoms with E-state index in [2.05, 4.69) is 59.1 Å². The summed E-state index contributed by atoms with van der Waals surface area (Å²) in [4.78, 5) is 26.3. The van der Waals surface area contributed by atoms with E-state index in [1.807, 2.05) is 17.0 Å². The molecule has 1 saturated heterocycles. The van der Waals surface area contributed by atoms with Crippen molar-refractivity contribution in [1.82, 2.24) is 10.3 Å². The first kappa shape index (κ1) is 19.4. The smallest absolute Gasteiger partial charge is 0.240 e. The highest BCUT2D eigenvalue weighted by Gasteiger charge is 2.39. The highest BCUT2D eigenvalue weighted by molar-refractivity contribution is 5.94. The molecule has 4 rings (SSSR count). The molecule has 29 heavy (non-hydrogen) atoms. The zero-order chi connectivity index (χ0) is 20.1. The van der Waals surface area contributed by atoms with E-state index < -0.39 is 0 Å². The fourth-order valence-electron chi connectivity index (χ4n) is 4.52. The lowest BCUT2D eigenvalue weighted by atomic mass is 9.69. The van der Waals surface area contributed by atoms with Gasteiger partial charge >= 0.3 is 0 Å². The molecule has 150 valence electrons. The first-order valence-electron chi connectivity index (χ1n) is 10.4. The molecule has 0 radical (unpaired) electrons. The molecule has 1 fully saturated rings. The van der Waals surface area contributed by atoms with Crippen molar-refractivity contribution >= 4 is 17.5 Å². The Labute approximate surface area is 171 Å². The van der Waals surface area contributed by atoms with E-state index in [1.54, 1.807) is 0 Å². The fraction of sp³-hybridized carbons (Fsp3) is 0.375. The van der Waals surface area contributed by atoms with Crippen LogP contribution in [-0.4, -0.2) is 35.5 Å². The Morgan fingerprint density at radius 2 is 1.66 bits per heavy atom. The van der Waals surface area contributed by atoms with Gasteiger partial charge in [0.25, 0.3) is 0 Å². The Morgan fingerprint density at radius 1 is 1.00 bits per heavy atom. The zero-order valence-electron chi connectivity index (χ0n) is 16.6. The Balaban J connectivity index is 1.53. The number of likely N-dealkylation sites (tertiary alicyclic amines) is 1. The van der Waals surface area contributed by atoms with Crippen LogP contribution in [0.2, 0.25) is 0 Å². The third kappa shape index (κ3) is 4.24. The number of benzene rings is 2. The van der Waals surface area contributed by atoms with Crippen molar-refractivity contribution in [1.29, 1.82) is 0 Å². The molecule has 2 aromatic rings. The minimum atomic E-state index is -0.174. The summed E-state index contributed by atoms with van der Waals surface area (Å²) in [6.07, 6.45) is 4.17. The van der Waals surface area contributed by atoms with E-state index in [4.69, 9.17) is 0 Å². The van der Waals surface area contributed by atoms with Crippen molar-refractivity contribution in [2.24, 2.45) is 5.10 Å². The van der Waals surface area contributed by atoms with Gasteiger partial charge in [0, 0.05) is 37.1 Å². The fourth-order valence-corrected chi connectivity index (χ4v) is 4.52. The summed E-state index contributed by atoms with van der Waals surface area (Å²) in [5.41, 5.74) is 5.78. The molecular formula is C24H27N3O2. The average Bonchev–Trinajstić information content (AvgIpc) is 2.79. The predicted molar refractivity (Wildman–Crippen MR) is 114 cm³/mol. The van der Waals surface area contributed by atoms with Gasteiger partial charge in [-0.25, -0.2) is 5.43 Å². The molecule has 2 amide bonds. The normalized spacial score (nSPS) is 18.7. The largest absolute Gasteiger partial charge is 0.341 e. The number of hydrazone groups is 1. The lowest BCUT2D eigenvalue weighted by Gasteiger charge is -2.44. The first-order chi connectivity index (χ1) is 14.2. The molecule has 2 aromatic carbocycles. The molecule has 0 aliphatic carbocycles. The second-order valence-corrected chi connectivity index (χ2v) is 7.95. The van der Waals surface area contributed by atoms with E-state index in [0.29, 0.717) is 32.2 Å². The van der Waals surface area contributed by atoms with Gasteiger partial charge in [-0.15, -0.1) is 0 Å². The van der Waals surface area contributed by atoms with Crippen molar-refractivity contribution in [2.45, 2.75) is 43.9 Å². The van der Waals surface area contributed by atoms with Crippen LogP contribution in [0, 0.1) is 0 Å². The molecule has 2 aliphatic rings. The van der Waals surface area contributed by atoms with Gasteiger partial charge in [-0.05, 0) is 36.8 Å². The number of piperidine rings is 1. The van der Waals surface area contributed by atoms with E-state index >= 15 is 0 Å². The van der Waals surface area contributed by atoms with Crippen LogP contribution in [0.1, 0.15) is 49.7 Å². The van der Waals surface area contributed by atoms with Crippen molar-refractivity contribution in [3.05, 3.63) is 71.8 Å². The Kier molecular flexibility index (Phi) is 5.74. The van der Waals surface area contributed by atoms with Gasteiger partial charge in [0.2, 0.25) is 11.8 Å². The van der Waals surface area contributed by atoms with Crippen LogP contribution < -0.4 is 5.43 Å². The predicted octanol–water partition coefficient (Wildman–Crippen LogP) is 3.64. The minimum absolute atomic E-state index is 0.0494. The van der Waals surface area contributed by atoms with Crippen molar-refractivity contribution < 1.29 is 9.59 Å². The van der Waals surface area contributed by atoms with Gasteiger partial charge in [-0.1, -0.05) is 60.7 Å². The van der Waals surface area contributed by atoms with Crippen LogP contribution >= 0.6 is 0 Å². The standard InChI is InChI=1S/C24H27N3O2/c28-22-14-12-21(25-26-22)13-15-23(29)27-17-7-16-24(18-27,19-8-3-1-4-9-19)20-10-5-2-6-11-20/h1-6,8-11H,7,12-18H2,(H,26,28). The number of amides is 2. The summed E-state index contributed by atoms with van der Waals surface area (Å²) in [6.45, 7) is 1.49. The molecule has 5 nitrogen and oxygen atoms in total. The van der Waals surface area contributed by atoms with Crippen LogP contribution in [0.4, 0.5) is 0 Å². The third-order valence-corrected chi connectivity index (χ3v) is 6.10. The number of carbonyl (C=O) groups is 2. The first-order valence-corrected chi connectivity index (χ1v) is 10.4. The van der Waals surface area contributed by atoms with Gasteiger partial charge in [-0.2, -0.15) is 5.10 Å². The number of carbonyl (C=O) groups excluding carboxylic acids is 2. The van der Waals surface area contributed by atoms with Gasteiger partial charge in [-0.3, -0.25) is 9.59 Å². The summed E-state index contributed by atoms with van der Waals surface area (Å²) in [7, 11) is 0. The zero-order valence-corrected chi connectivity index (χ0v) is 16.6. The Morgan fingerprint density at radius 3 is 2.24 bits per heavy atom. The summed E-state index contributed by atoms with van der Waals surface area (Å²) in [6, 6.07) is 21.1. The molecular weight excluding hydrogens is 362 g/mol. The maximum atomic E-state index is 13.0.